The maximum atomic E-state index is 12.9. The standard InChI is InChI=1S/C20H30N2O6S/c1-5-6-9-28-20(27)16-17(29-13-7-8-21(12(4)24)18(13)25)10(2)15-14(11(3)23)19(26)22(15)16/h10-11,13-17,23H,5-9H2,1-4H3. The number of hydrogen-bond donors (Lipinski definition) is 1. The van der Waals surface area contributed by atoms with Crippen molar-refractivity contribution in [3.63, 3.8) is 0 Å². The number of β-lactam (4-membered cyclic amide) rings is 1. The summed E-state index contributed by atoms with van der Waals surface area (Å²) in [5.41, 5.74) is 0. The smallest absolute Gasteiger partial charge is 0.330 e. The van der Waals surface area contributed by atoms with Crippen molar-refractivity contribution >= 4 is 35.5 Å². The molecular weight excluding hydrogens is 396 g/mol. The quantitative estimate of drug-likeness (QED) is 0.365. The highest BCUT2D eigenvalue weighted by atomic mass is 32.2. The summed E-state index contributed by atoms with van der Waals surface area (Å²) in [5, 5.41) is 9.31. The molecule has 0 aromatic heterocycles. The average Bonchev–Trinajstić information content (AvgIpc) is 3.12. The van der Waals surface area contributed by atoms with E-state index in [1.807, 2.05) is 13.8 Å². The van der Waals surface area contributed by atoms with Crippen molar-refractivity contribution in [1.29, 1.82) is 0 Å². The number of likely N-dealkylation sites (tertiary alicyclic amines) is 1. The van der Waals surface area contributed by atoms with Crippen molar-refractivity contribution in [2.24, 2.45) is 11.8 Å². The highest BCUT2D eigenvalue weighted by Crippen LogP contribution is 2.50. The van der Waals surface area contributed by atoms with Crippen LogP contribution < -0.4 is 0 Å². The van der Waals surface area contributed by atoms with Crippen LogP contribution in [0.5, 0.6) is 0 Å². The fraction of sp³-hybridized carbons (Fsp3) is 0.800. The molecule has 29 heavy (non-hydrogen) atoms. The van der Waals surface area contributed by atoms with Gasteiger partial charge in [-0.15, -0.1) is 11.8 Å². The zero-order valence-electron chi connectivity index (χ0n) is 17.4. The summed E-state index contributed by atoms with van der Waals surface area (Å²) in [5.74, 6) is -1.81. The number of carbonyl (C=O) groups is 4. The number of amides is 3. The van der Waals surface area contributed by atoms with E-state index in [1.54, 1.807) is 11.8 Å². The number of rotatable bonds is 7. The maximum absolute atomic E-state index is 12.9. The van der Waals surface area contributed by atoms with Crippen LogP contribution in [0.25, 0.3) is 0 Å². The van der Waals surface area contributed by atoms with Gasteiger partial charge in [0, 0.05) is 18.7 Å². The van der Waals surface area contributed by atoms with Crippen molar-refractivity contribution < 1.29 is 29.0 Å². The van der Waals surface area contributed by atoms with Gasteiger partial charge in [0.2, 0.25) is 17.7 Å². The first-order valence-corrected chi connectivity index (χ1v) is 11.3. The SMILES string of the molecule is CCCCOC(=O)C1C(SC2CCN(C(C)=O)C2=O)C(C)C2C(C(C)O)C(=O)N12. The summed E-state index contributed by atoms with van der Waals surface area (Å²) in [6, 6.07) is -1.01. The number of esters is 1. The topological polar surface area (TPSA) is 104 Å². The van der Waals surface area contributed by atoms with Crippen LogP contribution in [-0.4, -0.2) is 80.4 Å². The Balaban J connectivity index is 1.80. The fourth-order valence-electron chi connectivity index (χ4n) is 4.72. The van der Waals surface area contributed by atoms with Crippen LogP contribution in [0.2, 0.25) is 0 Å². The number of ether oxygens (including phenoxy) is 1. The summed E-state index contributed by atoms with van der Waals surface area (Å²) in [6.45, 7) is 7.59. The Kier molecular flexibility index (Phi) is 6.57. The molecule has 3 aliphatic rings. The molecule has 162 valence electrons. The Morgan fingerprint density at radius 3 is 2.55 bits per heavy atom. The molecule has 0 aliphatic carbocycles. The predicted molar refractivity (Wildman–Crippen MR) is 107 cm³/mol. The summed E-state index contributed by atoms with van der Waals surface area (Å²) in [6.07, 6.45) is 1.36. The lowest BCUT2D eigenvalue weighted by Gasteiger charge is -2.47. The molecule has 3 fully saturated rings. The first-order valence-electron chi connectivity index (χ1n) is 10.3. The number of imide groups is 1. The molecule has 3 amide bonds. The van der Waals surface area contributed by atoms with Crippen molar-refractivity contribution in [2.45, 2.75) is 75.6 Å². The van der Waals surface area contributed by atoms with Gasteiger partial charge in [0.05, 0.1) is 29.9 Å². The van der Waals surface area contributed by atoms with E-state index in [9.17, 15) is 24.3 Å². The van der Waals surface area contributed by atoms with E-state index in [0.717, 1.165) is 12.8 Å². The average molecular weight is 427 g/mol. The molecule has 7 atom stereocenters. The van der Waals surface area contributed by atoms with Gasteiger partial charge in [-0.2, -0.15) is 0 Å². The Morgan fingerprint density at radius 2 is 2.00 bits per heavy atom. The molecular formula is C20H30N2O6S. The molecule has 0 aromatic rings. The van der Waals surface area contributed by atoms with Gasteiger partial charge >= 0.3 is 5.97 Å². The third kappa shape index (κ3) is 3.79. The minimum absolute atomic E-state index is 0.0831. The van der Waals surface area contributed by atoms with Crippen LogP contribution >= 0.6 is 11.8 Å². The van der Waals surface area contributed by atoms with Gasteiger partial charge in [-0.05, 0) is 25.7 Å². The van der Waals surface area contributed by atoms with E-state index < -0.39 is 29.3 Å². The van der Waals surface area contributed by atoms with Gasteiger partial charge in [0.15, 0.2) is 0 Å². The summed E-state index contributed by atoms with van der Waals surface area (Å²) >= 11 is 1.37. The van der Waals surface area contributed by atoms with Gasteiger partial charge < -0.3 is 14.7 Å². The zero-order valence-corrected chi connectivity index (χ0v) is 18.2. The maximum Gasteiger partial charge on any atom is 0.330 e. The number of nitrogens with zero attached hydrogens (tertiary/aromatic N) is 2. The van der Waals surface area contributed by atoms with E-state index in [2.05, 4.69) is 0 Å². The summed E-state index contributed by atoms with van der Waals surface area (Å²) < 4.78 is 5.43. The van der Waals surface area contributed by atoms with E-state index in [1.165, 1.54) is 23.6 Å². The molecule has 1 N–H and O–H groups in total. The van der Waals surface area contributed by atoms with Gasteiger partial charge in [-0.1, -0.05) is 20.3 Å². The number of hydrogen-bond acceptors (Lipinski definition) is 7. The monoisotopic (exact) mass is 426 g/mol. The molecule has 3 heterocycles. The Labute approximate surface area is 175 Å². The van der Waals surface area contributed by atoms with E-state index in [0.29, 0.717) is 19.6 Å². The molecule has 3 rings (SSSR count). The lowest BCUT2D eigenvalue weighted by Crippen LogP contribution is -2.65. The van der Waals surface area contributed by atoms with Crippen molar-refractivity contribution in [3.05, 3.63) is 0 Å². The number of aliphatic hydroxyl groups excluding tert-OH is 1. The molecule has 9 heteroatoms. The third-order valence-corrected chi connectivity index (χ3v) is 8.03. The van der Waals surface area contributed by atoms with Crippen LogP contribution in [0, 0.1) is 11.8 Å². The number of aliphatic hydroxyl groups is 1. The van der Waals surface area contributed by atoms with Gasteiger partial charge in [0.25, 0.3) is 0 Å². The number of fused-ring (bicyclic) bond motifs is 1. The van der Waals surface area contributed by atoms with Crippen LogP contribution in [0.3, 0.4) is 0 Å². The second-order valence-electron chi connectivity index (χ2n) is 8.21. The fourth-order valence-corrected chi connectivity index (χ4v) is 6.39. The molecule has 0 spiro atoms. The molecule has 3 saturated heterocycles. The van der Waals surface area contributed by atoms with E-state index in [4.69, 9.17) is 4.74 Å². The van der Waals surface area contributed by atoms with Gasteiger partial charge in [-0.3, -0.25) is 19.3 Å². The van der Waals surface area contributed by atoms with Crippen molar-refractivity contribution in [2.75, 3.05) is 13.2 Å². The molecule has 7 unspecified atom stereocenters. The summed E-state index contributed by atoms with van der Waals surface area (Å²) in [4.78, 5) is 52.6. The van der Waals surface area contributed by atoms with Crippen LogP contribution in [0.1, 0.15) is 47.0 Å². The highest BCUT2D eigenvalue weighted by molar-refractivity contribution is 8.01. The first kappa shape index (κ1) is 22.1. The molecule has 0 bridgehead atoms. The van der Waals surface area contributed by atoms with Gasteiger partial charge in [0.1, 0.15) is 6.04 Å². The molecule has 0 radical (unpaired) electrons. The molecule has 3 aliphatic heterocycles. The molecule has 0 aromatic carbocycles. The van der Waals surface area contributed by atoms with Crippen LogP contribution in [0.15, 0.2) is 0 Å². The molecule has 0 saturated carbocycles. The largest absolute Gasteiger partial charge is 0.464 e. The minimum Gasteiger partial charge on any atom is -0.464 e. The summed E-state index contributed by atoms with van der Waals surface area (Å²) in [7, 11) is 0. The lowest BCUT2D eigenvalue weighted by molar-refractivity contribution is -0.172. The molecule has 8 nitrogen and oxygen atoms in total. The Hall–Kier alpha value is -1.61. The number of carbonyl (C=O) groups excluding carboxylic acids is 4. The Bertz CT molecular complexity index is 698. The van der Waals surface area contributed by atoms with Crippen molar-refractivity contribution in [3.8, 4) is 0 Å². The number of thioether (sulfide) groups is 1. The van der Waals surface area contributed by atoms with Crippen LogP contribution in [0.4, 0.5) is 0 Å². The van der Waals surface area contributed by atoms with Crippen molar-refractivity contribution in [1.82, 2.24) is 9.80 Å². The first-order chi connectivity index (χ1) is 13.7. The predicted octanol–water partition coefficient (Wildman–Crippen LogP) is 0.805. The second-order valence-corrected chi connectivity index (χ2v) is 9.60. The lowest BCUT2D eigenvalue weighted by atomic mass is 9.79. The van der Waals surface area contributed by atoms with Crippen LogP contribution in [-0.2, 0) is 23.9 Å². The third-order valence-electron chi connectivity index (χ3n) is 6.26. The zero-order chi connectivity index (χ0) is 21.5. The van der Waals surface area contributed by atoms with E-state index >= 15 is 0 Å². The highest BCUT2D eigenvalue weighted by Gasteiger charge is 2.65. The van der Waals surface area contributed by atoms with E-state index in [-0.39, 0.29) is 34.9 Å². The second kappa shape index (κ2) is 8.63. The normalized spacial score (nSPS) is 34.8. The Morgan fingerprint density at radius 1 is 1.31 bits per heavy atom. The number of unbranched alkanes of at least 4 members (excludes halogenated alkanes) is 1. The minimum atomic E-state index is -0.798. The van der Waals surface area contributed by atoms with Gasteiger partial charge in [-0.25, -0.2) is 4.79 Å².